The highest BCUT2D eigenvalue weighted by Crippen LogP contribution is 2.31. The van der Waals surface area contributed by atoms with Crippen LogP contribution < -0.4 is 19.7 Å². The number of urea groups is 1. The van der Waals surface area contributed by atoms with E-state index >= 15 is 0 Å². The number of aryl methyl sites for hydroxylation is 1. The molecule has 0 aromatic heterocycles. The first-order valence-corrected chi connectivity index (χ1v) is 10.3. The largest absolute Gasteiger partial charge is 0.495 e. The Labute approximate surface area is 195 Å². The third-order valence-electron chi connectivity index (χ3n) is 5.14. The molecule has 0 radical (unpaired) electrons. The first-order valence-electron chi connectivity index (χ1n) is 10.3. The molecule has 1 heterocycles. The van der Waals surface area contributed by atoms with Crippen molar-refractivity contribution in [2.75, 3.05) is 12.0 Å². The van der Waals surface area contributed by atoms with Crippen molar-refractivity contribution in [1.29, 1.82) is 0 Å². The van der Waals surface area contributed by atoms with E-state index < -0.39 is 23.8 Å². The maximum atomic E-state index is 13.2. The number of ether oxygens (including phenoxy) is 2. The fourth-order valence-corrected chi connectivity index (χ4v) is 3.39. The van der Waals surface area contributed by atoms with Crippen molar-refractivity contribution < 1.29 is 28.7 Å². The third kappa shape index (κ3) is 4.42. The number of carbonyl (C=O) groups is 4. The minimum absolute atomic E-state index is 0.155. The van der Waals surface area contributed by atoms with Gasteiger partial charge in [0, 0.05) is 5.56 Å². The Morgan fingerprint density at radius 2 is 1.53 bits per heavy atom. The van der Waals surface area contributed by atoms with Crippen LogP contribution in [0.1, 0.15) is 21.5 Å². The number of hydrogen-bond donors (Lipinski definition) is 1. The summed E-state index contributed by atoms with van der Waals surface area (Å²) in [5.74, 6) is -1.84. The van der Waals surface area contributed by atoms with Gasteiger partial charge in [-0.3, -0.25) is 14.9 Å². The Hall–Kier alpha value is -4.72. The van der Waals surface area contributed by atoms with Crippen molar-refractivity contribution in [3.8, 4) is 11.5 Å². The summed E-state index contributed by atoms with van der Waals surface area (Å²) in [6, 6.07) is 18.9. The molecule has 4 amide bonds. The molecule has 0 aliphatic carbocycles. The number of methoxy groups -OCH3 is 1. The zero-order valence-electron chi connectivity index (χ0n) is 18.4. The van der Waals surface area contributed by atoms with Crippen molar-refractivity contribution >= 4 is 35.6 Å². The molecule has 4 rings (SSSR count). The molecule has 0 bridgehead atoms. The molecule has 170 valence electrons. The number of imide groups is 2. The molecule has 1 fully saturated rings. The Balaban J connectivity index is 1.69. The molecule has 1 aliphatic rings. The highest BCUT2D eigenvalue weighted by Gasteiger charge is 2.38. The summed E-state index contributed by atoms with van der Waals surface area (Å²) < 4.78 is 10.8. The molecule has 0 saturated carbocycles. The van der Waals surface area contributed by atoms with Crippen LogP contribution in [0.5, 0.6) is 11.5 Å². The average Bonchev–Trinajstić information content (AvgIpc) is 2.83. The average molecular weight is 456 g/mol. The van der Waals surface area contributed by atoms with Crippen LogP contribution in [0.3, 0.4) is 0 Å². The van der Waals surface area contributed by atoms with Gasteiger partial charge in [0.05, 0.1) is 18.4 Å². The number of esters is 1. The lowest BCUT2D eigenvalue weighted by atomic mass is 10.1. The van der Waals surface area contributed by atoms with Crippen molar-refractivity contribution in [1.82, 2.24) is 5.32 Å². The summed E-state index contributed by atoms with van der Waals surface area (Å²) in [6.07, 6.45) is 1.28. The number of rotatable bonds is 5. The molecule has 0 spiro atoms. The van der Waals surface area contributed by atoms with Crippen LogP contribution in [-0.2, 0) is 9.59 Å². The lowest BCUT2D eigenvalue weighted by molar-refractivity contribution is -0.122. The van der Waals surface area contributed by atoms with Gasteiger partial charge in [-0.2, -0.15) is 0 Å². The Kier molecular flexibility index (Phi) is 6.22. The zero-order chi connectivity index (χ0) is 24.2. The maximum absolute atomic E-state index is 13.2. The summed E-state index contributed by atoms with van der Waals surface area (Å²) in [5.41, 5.74) is 1.55. The molecule has 3 aromatic carbocycles. The van der Waals surface area contributed by atoms with Gasteiger partial charge < -0.3 is 9.47 Å². The molecular weight excluding hydrogens is 436 g/mol. The van der Waals surface area contributed by atoms with Gasteiger partial charge in [-0.25, -0.2) is 14.5 Å². The predicted octanol–water partition coefficient (Wildman–Crippen LogP) is 3.89. The fraction of sp³-hybridized carbons (Fsp3) is 0.0769. The van der Waals surface area contributed by atoms with Crippen LogP contribution in [0, 0.1) is 6.92 Å². The highest BCUT2D eigenvalue weighted by atomic mass is 16.5. The summed E-state index contributed by atoms with van der Waals surface area (Å²) in [4.78, 5) is 51.7. The Morgan fingerprint density at radius 3 is 2.24 bits per heavy atom. The molecule has 34 heavy (non-hydrogen) atoms. The first kappa shape index (κ1) is 22.5. The van der Waals surface area contributed by atoms with Crippen LogP contribution in [0.25, 0.3) is 6.08 Å². The van der Waals surface area contributed by atoms with E-state index in [0.29, 0.717) is 11.1 Å². The van der Waals surface area contributed by atoms with Gasteiger partial charge in [0.2, 0.25) is 0 Å². The molecule has 0 unspecified atom stereocenters. The molecule has 1 N–H and O–H groups in total. The van der Waals surface area contributed by atoms with E-state index in [1.165, 1.54) is 19.3 Å². The lowest BCUT2D eigenvalue weighted by Gasteiger charge is -2.27. The van der Waals surface area contributed by atoms with Crippen molar-refractivity contribution in [3.05, 3.63) is 95.1 Å². The minimum atomic E-state index is -0.893. The number of amides is 4. The van der Waals surface area contributed by atoms with Gasteiger partial charge in [0.1, 0.15) is 17.1 Å². The van der Waals surface area contributed by atoms with Crippen LogP contribution >= 0.6 is 0 Å². The number of nitrogens with zero attached hydrogens (tertiary/aromatic N) is 1. The second-order valence-electron chi connectivity index (χ2n) is 7.42. The number of barbiturate groups is 1. The van der Waals surface area contributed by atoms with Gasteiger partial charge in [0.15, 0.2) is 0 Å². The van der Waals surface area contributed by atoms with Crippen molar-refractivity contribution in [3.63, 3.8) is 0 Å². The number of hydrogen-bond acceptors (Lipinski definition) is 6. The van der Waals surface area contributed by atoms with Crippen LogP contribution in [-0.4, -0.2) is 30.9 Å². The molecule has 1 saturated heterocycles. The van der Waals surface area contributed by atoms with Gasteiger partial charge in [-0.1, -0.05) is 48.0 Å². The zero-order valence-corrected chi connectivity index (χ0v) is 18.4. The van der Waals surface area contributed by atoms with E-state index in [9.17, 15) is 19.2 Å². The Bertz CT molecular complexity index is 1330. The van der Waals surface area contributed by atoms with E-state index in [0.717, 1.165) is 10.5 Å². The van der Waals surface area contributed by atoms with Gasteiger partial charge in [0.25, 0.3) is 11.8 Å². The molecule has 3 aromatic rings. The van der Waals surface area contributed by atoms with Crippen molar-refractivity contribution in [2.24, 2.45) is 0 Å². The molecule has 0 atom stereocenters. The van der Waals surface area contributed by atoms with Gasteiger partial charge in [-0.05, 0) is 43.3 Å². The van der Waals surface area contributed by atoms with E-state index in [4.69, 9.17) is 9.47 Å². The first-order chi connectivity index (χ1) is 16.4. The number of carbonyl (C=O) groups excluding carboxylic acids is 4. The summed E-state index contributed by atoms with van der Waals surface area (Å²) in [6.45, 7) is 1.90. The highest BCUT2D eigenvalue weighted by molar-refractivity contribution is 6.39. The smallest absolute Gasteiger partial charge is 0.343 e. The number of anilines is 1. The monoisotopic (exact) mass is 456 g/mol. The van der Waals surface area contributed by atoms with E-state index in [-0.39, 0.29) is 22.8 Å². The van der Waals surface area contributed by atoms with Crippen molar-refractivity contribution in [2.45, 2.75) is 6.92 Å². The van der Waals surface area contributed by atoms with Gasteiger partial charge >= 0.3 is 12.0 Å². The number of para-hydroxylation sites is 3. The van der Waals surface area contributed by atoms with Gasteiger partial charge in [-0.15, -0.1) is 0 Å². The third-order valence-corrected chi connectivity index (χ3v) is 5.14. The fourth-order valence-electron chi connectivity index (χ4n) is 3.39. The van der Waals surface area contributed by atoms with E-state index in [1.807, 2.05) is 6.92 Å². The van der Waals surface area contributed by atoms with Crippen LogP contribution in [0.2, 0.25) is 0 Å². The summed E-state index contributed by atoms with van der Waals surface area (Å²) >= 11 is 0. The van der Waals surface area contributed by atoms with Crippen LogP contribution in [0.4, 0.5) is 10.5 Å². The second-order valence-corrected chi connectivity index (χ2v) is 7.42. The quantitative estimate of drug-likeness (QED) is 0.271. The molecular formula is C26H20N2O6. The lowest BCUT2D eigenvalue weighted by Crippen LogP contribution is -2.54. The molecule has 8 nitrogen and oxygen atoms in total. The standard InChI is InChI=1S/C26H20N2O6/c1-16-11-13-17(14-12-16)25(31)34-21-9-5-3-7-18(21)15-19-23(29)27-26(32)28(24(19)30)20-8-4-6-10-22(20)33-2/h3-15H,1-2H3,(H,27,29,32)/b19-15-. The summed E-state index contributed by atoms with van der Waals surface area (Å²) in [5, 5.41) is 2.17. The molecule has 8 heteroatoms. The Morgan fingerprint density at radius 1 is 0.882 bits per heavy atom. The van der Waals surface area contributed by atoms with E-state index in [1.54, 1.807) is 66.7 Å². The number of benzene rings is 3. The van der Waals surface area contributed by atoms with E-state index in [2.05, 4.69) is 5.32 Å². The topological polar surface area (TPSA) is 102 Å². The minimum Gasteiger partial charge on any atom is -0.495 e. The normalized spacial score (nSPS) is 14.7. The maximum Gasteiger partial charge on any atom is 0.343 e. The predicted molar refractivity (Wildman–Crippen MR) is 125 cm³/mol. The number of nitrogens with one attached hydrogen (secondary N) is 1. The second kappa shape index (κ2) is 9.41. The SMILES string of the molecule is COc1ccccc1N1C(=O)NC(=O)/C(=C/c2ccccc2OC(=O)c2ccc(C)cc2)C1=O. The molecule has 1 aliphatic heterocycles. The summed E-state index contributed by atoms with van der Waals surface area (Å²) in [7, 11) is 1.41. The van der Waals surface area contributed by atoms with Crippen LogP contribution in [0.15, 0.2) is 78.4 Å².